The minimum Gasteiger partial charge on any atom is -0.276 e. The topological polar surface area (TPSA) is 76.9 Å². The minimum atomic E-state index is -3.91. The van der Waals surface area contributed by atoms with Crippen molar-refractivity contribution in [2.24, 2.45) is 7.05 Å². The van der Waals surface area contributed by atoms with Gasteiger partial charge in [0.2, 0.25) is 0 Å². The number of rotatable bonds is 4. The molecule has 1 N–H and O–H groups in total. The fourth-order valence-electron chi connectivity index (χ4n) is 2.32. The third-order valence-corrected chi connectivity index (χ3v) is 5.77. The van der Waals surface area contributed by atoms with Crippen molar-refractivity contribution in [3.8, 4) is 11.3 Å². The molecule has 3 rings (SSSR count). The summed E-state index contributed by atoms with van der Waals surface area (Å²) in [6, 6.07) is 6.36. The van der Waals surface area contributed by atoms with Crippen LogP contribution < -0.4 is 4.72 Å². The number of halogens is 2. The van der Waals surface area contributed by atoms with Gasteiger partial charge in [0.05, 0.1) is 10.7 Å². The van der Waals surface area contributed by atoms with E-state index >= 15 is 0 Å². The first kappa shape index (κ1) is 17.7. The van der Waals surface area contributed by atoms with Gasteiger partial charge in [0.15, 0.2) is 0 Å². The molecule has 25 heavy (non-hydrogen) atoms. The molecule has 130 valence electrons. The molecule has 0 saturated carbocycles. The molecule has 0 unspecified atom stereocenters. The van der Waals surface area contributed by atoms with E-state index in [0.29, 0.717) is 22.0 Å². The summed E-state index contributed by atoms with van der Waals surface area (Å²) in [4.78, 5) is 3.91. The number of sulfonamides is 1. The number of benzene rings is 1. The first-order chi connectivity index (χ1) is 11.8. The van der Waals surface area contributed by atoms with Gasteiger partial charge in [-0.25, -0.2) is 8.42 Å². The molecule has 0 bridgehead atoms. The van der Waals surface area contributed by atoms with Gasteiger partial charge in [0, 0.05) is 36.2 Å². The van der Waals surface area contributed by atoms with Crippen LogP contribution in [0.3, 0.4) is 0 Å². The lowest BCUT2D eigenvalue weighted by Gasteiger charge is -2.11. The fourth-order valence-corrected chi connectivity index (χ4v) is 4.21. The highest BCUT2D eigenvalue weighted by Crippen LogP contribution is 2.32. The van der Waals surface area contributed by atoms with Crippen LogP contribution in [0.5, 0.6) is 0 Å². The van der Waals surface area contributed by atoms with E-state index < -0.39 is 10.0 Å². The zero-order chi connectivity index (χ0) is 18.2. The zero-order valence-corrected chi connectivity index (χ0v) is 15.7. The molecule has 1 aromatic carbocycles. The Bertz CT molecular complexity index is 1030. The molecule has 0 fully saturated rings. The van der Waals surface area contributed by atoms with Crippen LogP contribution in [0.15, 0.2) is 47.8 Å². The molecule has 0 aliphatic rings. The molecule has 0 aliphatic carbocycles. The average molecular weight is 397 g/mol. The van der Waals surface area contributed by atoms with E-state index in [1.165, 1.54) is 16.8 Å². The number of nitrogens with one attached hydrogen (secondary N) is 1. The molecule has 9 heteroatoms. The third-order valence-electron chi connectivity index (χ3n) is 3.53. The number of anilines is 1. The Morgan fingerprint density at radius 3 is 2.48 bits per heavy atom. The van der Waals surface area contributed by atoms with Crippen molar-refractivity contribution >= 4 is 38.9 Å². The monoisotopic (exact) mass is 396 g/mol. The molecule has 0 spiro atoms. The van der Waals surface area contributed by atoms with E-state index in [2.05, 4.69) is 14.8 Å². The number of aryl methyl sites for hydroxylation is 2. The van der Waals surface area contributed by atoms with Gasteiger partial charge in [-0.2, -0.15) is 5.10 Å². The number of pyridine rings is 1. The molecule has 0 aliphatic heterocycles. The second-order valence-corrected chi connectivity index (χ2v) is 7.90. The lowest BCUT2D eigenvalue weighted by atomic mass is 10.2. The molecule has 0 atom stereocenters. The van der Waals surface area contributed by atoms with Crippen molar-refractivity contribution in [2.75, 3.05) is 4.72 Å². The first-order valence-corrected chi connectivity index (χ1v) is 9.44. The predicted molar refractivity (Wildman–Crippen MR) is 98.4 cm³/mol. The standard InChI is InChI=1S/C16H14Cl2N4O2S/c1-10-7-15(13(18)8-12(10)17)25(23,24)21-14-9-22(2)20-16(14)11-3-5-19-6-4-11/h3-9,21H,1-2H3. The Hall–Kier alpha value is -2.09. The summed E-state index contributed by atoms with van der Waals surface area (Å²) in [6.45, 7) is 1.71. The van der Waals surface area contributed by atoms with Gasteiger partial charge in [0.25, 0.3) is 10.0 Å². The van der Waals surface area contributed by atoms with Crippen LogP contribution >= 0.6 is 23.2 Å². The van der Waals surface area contributed by atoms with Crippen molar-refractivity contribution in [2.45, 2.75) is 11.8 Å². The molecular formula is C16H14Cl2N4O2S. The molecule has 0 radical (unpaired) electrons. The van der Waals surface area contributed by atoms with Gasteiger partial charge in [-0.3, -0.25) is 14.4 Å². The van der Waals surface area contributed by atoms with Crippen LogP contribution in [0.25, 0.3) is 11.3 Å². The SMILES string of the molecule is Cc1cc(S(=O)(=O)Nc2cn(C)nc2-c2ccncc2)c(Cl)cc1Cl. The van der Waals surface area contributed by atoms with Crippen molar-refractivity contribution in [3.63, 3.8) is 0 Å². The third kappa shape index (κ3) is 3.63. The van der Waals surface area contributed by atoms with Crippen LogP contribution in [0.4, 0.5) is 5.69 Å². The molecule has 0 amide bonds. The van der Waals surface area contributed by atoms with Gasteiger partial charge in [-0.1, -0.05) is 23.2 Å². The van der Waals surface area contributed by atoms with Crippen LogP contribution in [0, 0.1) is 6.92 Å². The second-order valence-electron chi connectivity index (χ2n) is 5.44. The van der Waals surface area contributed by atoms with Gasteiger partial charge in [-0.05, 0) is 36.8 Å². The maximum atomic E-state index is 12.8. The fraction of sp³-hybridized carbons (Fsp3) is 0.125. The van der Waals surface area contributed by atoms with Crippen LogP contribution in [-0.4, -0.2) is 23.2 Å². The number of nitrogens with zero attached hydrogens (tertiary/aromatic N) is 3. The lowest BCUT2D eigenvalue weighted by molar-refractivity contribution is 0.601. The minimum absolute atomic E-state index is 0.0411. The highest BCUT2D eigenvalue weighted by atomic mass is 35.5. The summed E-state index contributed by atoms with van der Waals surface area (Å²) in [5.41, 5.74) is 2.20. The summed E-state index contributed by atoms with van der Waals surface area (Å²) in [7, 11) is -2.20. The largest absolute Gasteiger partial charge is 0.276 e. The molecular weight excluding hydrogens is 383 g/mol. The van der Waals surface area contributed by atoms with Crippen molar-refractivity contribution in [3.05, 3.63) is 58.5 Å². The maximum Gasteiger partial charge on any atom is 0.263 e. The van der Waals surface area contributed by atoms with E-state index in [4.69, 9.17) is 23.2 Å². The Kier molecular flexibility index (Phi) is 4.73. The quantitative estimate of drug-likeness (QED) is 0.725. The van der Waals surface area contributed by atoms with Crippen molar-refractivity contribution in [1.82, 2.24) is 14.8 Å². The lowest BCUT2D eigenvalue weighted by Crippen LogP contribution is -2.14. The normalized spacial score (nSPS) is 11.5. The Morgan fingerprint density at radius 2 is 1.80 bits per heavy atom. The Labute approximate surface area is 155 Å². The van der Waals surface area contributed by atoms with Gasteiger partial charge in [-0.15, -0.1) is 0 Å². The van der Waals surface area contributed by atoms with E-state index in [1.807, 2.05) is 0 Å². The van der Waals surface area contributed by atoms with Crippen LogP contribution in [0.2, 0.25) is 10.0 Å². The van der Waals surface area contributed by atoms with E-state index in [9.17, 15) is 8.42 Å². The van der Waals surface area contributed by atoms with E-state index in [1.54, 1.807) is 44.7 Å². The molecule has 6 nitrogen and oxygen atoms in total. The van der Waals surface area contributed by atoms with Crippen LogP contribution in [-0.2, 0) is 17.1 Å². The average Bonchev–Trinajstić information content (AvgIpc) is 2.91. The number of hydrogen-bond donors (Lipinski definition) is 1. The van der Waals surface area contributed by atoms with Crippen LogP contribution in [0.1, 0.15) is 5.56 Å². The Balaban J connectivity index is 2.05. The Morgan fingerprint density at radius 1 is 1.12 bits per heavy atom. The zero-order valence-electron chi connectivity index (χ0n) is 13.4. The summed E-state index contributed by atoms with van der Waals surface area (Å²) in [6.07, 6.45) is 4.81. The summed E-state index contributed by atoms with van der Waals surface area (Å²) in [5, 5.41) is 4.78. The highest BCUT2D eigenvalue weighted by molar-refractivity contribution is 7.92. The van der Waals surface area contributed by atoms with Crippen molar-refractivity contribution in [1.29, 1.82) is 0 Å². The molecule has 0 saturated heterocycles. The second kappa shape index (κ2) is 6.67. The maximum absolute atomic E-state index is 12.8. The predicted octanol–water partition coefficient (Wildman–Crippen LogP) is 3.90. The summed E-state index contributed by atoms with van der Waals surface area (Å²) in [5.74, 6) is 0. The van der Waals surface area contributed by atoms with Crippen molar-refractivity contribution < 1.29 is 8.42 Å². The highest BCUT2D eigenvalue weighted by Gasteiger charge is 2.22. The van der Waals surface area contributed by atoms with Gasteiger partial charge >= 0.3 is 0 Å². The van der Waals surface area contributed by atoms with E-state index in [-0.39, 0.29) is 9.92 Å². The van der Waals surface area contributed by atoms with E-state index in [0.717, 1.165) is 5.56 Å². The number of hydrogen-bond acceptors (Lipinski definition) is 4. The molecule has 3 aromatic rings. The summed E-state index contributed by atoms with van der Waals surface area (Å²) < 4.78 is 29.7. The van der Waals surface area contributed by atoms with Gasteiger partial charge < -0.3 is 0 Å². The number of aromatic nitrogens is 3. The molecule has 2 heterocycles. The van der Waals surface area contributed by atoms with Gasteiger partial charge in [0.1, 0.15) is 10.6 Å². The molecule has 2 aromatic heterocycles. The smallest absolute Gasteiger partial charge is 0.263 e. The summed E-state index contributed by atoms with van der Waals surface area (Å²) >= 11 is 12.1. The first-order valence-electron chi connectivity index (χ1n) is 7.20.